The van der Waals surface area contributed by atoms with Gasteiger partial charge in [-0.3, -0.25) is 14.8 Å². The maximum Gasteiger partial charge on any atom is 0.257 e. The lowest BCUT2D eigenvalue weighted by atomic mass is 10.0. The third kappa shape index (κ3) is 3.71. The number of fused-ring (bicyclic) bond motifs is 1. The summed E-state index contributed by atoms with van der Waals surface area (Å²) in [7, 11) is 1.82. The van der Waals surface area contributed by atoms with Gasteiger partial charge in [0, 0.05) is 29.9 Å². The lowest BCUT2D eigenvalue weighted by Gasteiger charge is -2.04. The first-order chi connectivity index (χ1) is 15.1. The van der Waals surface area contributed by atoms with Crippen LogP contribution in [-0.4, -0.2) is 20.7 Å². The number of aromatic nitrogens is 3. The van der Waals surface area contributed by atoms with Gasteiger partial charge in [-0.05, 0) is 42.0 Å². The number of hydrogen-bond acceptors (Lipinski definition) is 4. The number of carbonyl (C=O) groups is 1. The smallest absolute Gasteiger partial charge is 0.257 e. The van der Waals surface area contributed by atoms with Crippen molar-refractivity contribution >= 4 is 32.6 Å². The monoisotopic (exact) mass is 428 g/mol. The second-order valence-corrected chi connectivity index (χ2v) is 8.10. The molecule has 0 saturated heterocycles. The molecule has 2 heterocycles. The minimum absolute atomic E-state index is 0.200. The fraction of sp³-hybridized carbons (Fsp3) is 0.0417. The highest BCUT2D eigenvalue weighted by Gasteiger charge is 2.17. The van der Waals surface area contributed by atoms with Crippen molar-refractivity contribution in [3.63, 3.8) is 0 Å². The van der Waals surface area contributed by atoms with Crippen molar-refractivity contribution in [2.24, 2.45) is 7.05 Å². The number of carbonyl (C=O) groups excluding carboxylic acids is 1. The van der Waals surface area contributed by atoms with E-state index in [0.29, 0.717) is 22.0 Å². The van der Waals surface area contributed by atoms with Gasteiger partial charge in [0.1, 0.15) is 11.5 Å². The Morgan fingerprint density at radius 3 is 2.58 bits per heavy atom. The Labute approximate surface area is 181 Å². The van der Waals surface area contributed by atoms with E-state index in [1.165, 1.54) is 17.4 Å². The number of hydrogen-bond donors (Lipinski definition) is 1. The number of halogens is 1. The standard InChI is InChI=1S/C24H17FN4OS/c1-29-14-18(22(28-29)17-9-5-6-10-19(17)25)16-11-12-20-21(13-16)31-24(26-20)27-23(30)15-7-3-2-4-8-15/h2-14H,1H3,(H,26,27,30). The van der Waals surface area contributed by atoms with Gasteiger partial charge >= 0.3 is 0 Å². The summed E-state index contributed by atoms with van der Waals surface area (Å²) in [6.45, 7) is 0. The van der Waals surface area contributed by atoms with Gasteiger partial charge in [0.05, 0.1) is 10.2 Å². The van der Waals surface area contributed by atoms with Crippen molar-refractivity contribution in [2.75, 3.05) is 5.32 Å². The zero-order valence-corrected chi connectivity index (χ0v) is 17.4. The Hall–Kier alpha value is -3.84. The van der Waals surface area contributed by atoms with Crippen LogP contribution in [0.3, 0.4) is 0 Å². The second kappa shape index (κ2) is 7.77. The Morgan fingerprint density at radius 1 is 1.00 bits per heavy atom. The molecule has 0 fully saturated rings. The van der Waals surface area contributed by atoms with Gasteiger partial charge in [0.2, 0.25) is 0 Å². The third-order valence-electron chi connectivity index (χ3n) is 4.91. The van der Waals surface area contributed by atoms with Gasteiger partial charge in [-0.2, -0.15) is 5.10 Å². The zero-order valence-electron chi connectivity index (χ0n) is 16.5. The predicted octanol–water partition coefficient (Wildman–Crippen LogP) is 5.76. The normalized spacial score (nSPS) is 11.0. The second-order valence-electron chi connectivity index (χ2n) is 7.07. The number of anilines is 1. The SMILES string of the molecule is Cn1cc(-c2ccc3nc(NC(=O)c4ccccc4)sc3c2)c(-c2ccccc2F)n1. The molecule has 0 unspecified atom stereocenters. The fourth-order valence-corrected chi connectivity index (χ4v) is 4.36. The first kappa shape index (κ1) is 19.1. The molecule has 2 aromatic heterocycles. The van der Waals surface area contributed by atoms with Crippen LogP contribution in [0, 0.1) is 5.82 Å². The summed E-state index contributed by atoms with van der Waals surface area (Å²) in [5, 5.41) is 7.87. The summed E-state index contributed by atoms with van der Waals surface area (Å²) in [5.74, 6) is -0.513. The lowest BCUT2D eigenvalue weighted by molar-refractivity contribution is 0.102. The van der Waals surface area contributed by atoms with E-state index < -0.39 is 0 Å². The molecule has 0 aliphatic carbocycles. The molecule has 0 bridgehead atoms. The van der Waals surface area contributed by atoms with Gasteiger partial charge < -0.3 is 0 Å². The first-order valence-corrected chi connectivity index (χ1v) is 10.5. The molecule has 0 aliphatic heterocycles. The number of amides is 1. The molecule has 3 aromatic carbocycles. The minimum atomic E-state index is -0.313. The van der Waals surface area contributed by atoms with Crippen LogP contribution in [0.1, 0.15) is 10.4 Å². The molecule has 5 nitrogen and oxygen atoms in total. The molecule has 31 heavy (non-hydrogen) atoms. The number of nitrogens with zero attached hydrogens (tertiary/aromatic N) is 3. The number of nitrogens with one attached hydrogen (secondary N) is 1. The predicted molar refractivity (Wildman–Crippen MR) is 122 cm³/mol. The first-order valence-electron chi connectivity index (χ1n) is 9.64. The molecule has 5 aromatic rings. The van der Waals surface area contributed by atoms with Crippen molar-refractivity contribution in [3.8, 4) is 22.4 Å². The van der Waals surface area contributed by atoms with Crippen LogP contribution in [0.5, 0.6) is 0 Å². The van der Waals surface area contributed by atoms with E-state index in [0.717, 1.165) is 21.3 Å². The Kier molecular flexibility index (Phi) is 4.80. The van der Waals surface area contributed by atoms with Gasteiger partial charge in [-0.1, -0.05) is 47.7 Å². The van der Waals surface area contributed by atoms with Crippen molar-refractivity contribution in [3.05, 3.63) is 90.4 Å². The largest absolute Gasteiger partial charge is 0.298 e. The molecule has 5 rings (SSSR count). The van der Waals surface area contributed by atoms with E-state index >= 15 is 0 Å². The average molecular weight is 428 g/mol. The summed E-state index contributed by atoms with van der Waals surface area (Å²) in [6.07, 6.45) is 1.88. The van der Waals surface area contributed by atoms with Crippen LogP contribution in [0.15, 0.2) is 79.0 Å². The van der Waals surface area contributed by atoms with Gasteiger partial charge in [0.15, 0.2) is 5.13 Å². The van der Waals surface area contributed by atoms with Crippen molar-refractivity contribution < 1.29 is 9.18 Å². The van der Waals surface area contributed by atoms with Crippen molar-refractivity contribution in [1.82, 2.24) is 14.8 Å². The van der Waals surface area contributed by atoms with Gasteiger partial charge in [-0.25, -0.2) is 9.37 Å². The third-order valence-corrected chi connectivity index (χ3v) is 5.85. The molecule has 1 amide bonds. The van der Waals surface area contributed by atoms with Crippen LogP contribution in [0.25, 0.3) is 32.6 Å². The average Bonchev–Trinajstić information content (AvgIpc) is 3.36. The topological polar surface area (TPSA) is 59.8 Å². The summed E-state index contributed by atoms with van der Waals surface area (Å²) in [5.41, 5.74) is 4.14. The lowest BCUT2D eigenvalue weighted by Crippen LogP contribution is -2.11. The molecular weight excluding hydrogens is 411 g/mol. The van der Waals surface area contributed by atoms with Crippen molar-refractivity contribution in [2.45, 2.75) is 0 Å². The van der Waals surface area contributed by atoms with E-state index in [4.69, 9.17) is 0 Å². The number of aryl methyl sites for hydroxylation is 1. The molecular formula is C24H17FN4OS. The van der Waals surface area contributed by atoms with E-state index in [1.807, 2.05) is 49.6 Å². The van der Waals surface area contributed by atoms with Crippen LogP contribution < -0.4 is 5.32 Å². The Morgan fingerprint density at radius 2 is 1.77 bits per heavy atom. The zero-order chi connectivity index (χ0) is 21.4. The summed E-state index contributed by atoms with van der Waals surface area (Å²) in [4.78, 5) is 16.9. The highest BCUT2D eigenvalue weighted by atomic mass is 32.1. The Balaban J connectivity index is 1.50. The molecule has 0 aliphatic rings. The molecule has 0 saturated carbocycles. The van der Waals surface area contributed by atoms with Crippen LogP contribution >= 0.6 is 11.3 Å². The molecule has 0 spiro atoms. The fourth-order valence-electron chi connectivity index (χ4n) is 3.46. The van der Waals surface area contributed by atoms with Crippen LogP contribution in [0.4, 0.5) is 9.52 Å². The van der Waals surface area contributed by atoms with E-state index in [1.54, 1.807) is 35.0 Å². The molecule has 1 N–H and O–H groups in total. The molecule has 152 valence electrons. The summed E-state index contributed by atoms with van der Waals surface area (Å²) >= 11 is 1.40. The molecule has 0 radical (unpaired) electrons. The molecule has 0 atom stereocenters. The van der Waals surface area contributed by atoms with Crippen LogP contribution in [0.2, 0.25) is 0 Å². The minimum Gasteiger partial charge on any atom is -0.298 e. The quantitative estimate of drug-likeness (QED) is 0.396. The highest BCUT2D eigenvalue weighted by Crippen LogP contribution is 2.35. The summed E-state index contributed by atoms with van der Waals surface area (Å²) < 4.78 is 17.0. The number of benzene rings is 3. The van der Waals surface area contributed by atoms with E-state index in [2.05, 4.69) is 15.4 Å². The van der Waals surface area contributed by atoms with E-state index in [9.17, 15) is 9.18 Å². The Bertz CT molecular complexity index is 1410. The van der Waals surface area contributed by atoms with Gasteiger partial charge in [-0.15, -0.1) is 0 Å². The van der Waals surface area contributed by atoms with Crippen molar-refractivity contribution in [1.29, 1.82) is 0 Å². The number of rotatable bonds is 4. The highest BCUT2D eigenvalue weighted by molar-refractivity contribution is 7.22. The number of thiazole rings is 1. The van der Waals surface area contributed by atoms with Crippen LogP contribution in [-0.2, 0) is 7.05 Å². The summed E-state index contributed by atoms with van der Waals surface area (Å²) in [6, 6.07) is 21.5. The van der Waals surface area contributed by atoms with Gasteiger partial charge in [0.25, 0.3) is 5.91 Å². The molecule has 7 heteroatoms. The maximum atomic E-state index is 14.4. The van der Waals surface area contributed by atoms with E-state index in [-0.39, 0.29) is 11.7 Å². The maximum absolute atomic E-state index is 14.4.